The highest BCUT2D eigenvalue weighted by molar-refractivity contribution is 6.30. The van der Waals surface area contributed by atoms with Crippen LogP contribution in [0.1, 0.15) is 5.56 Å². The van der Waals surface area contributed by atoms with Crippen molar-refractivity contribution in [3.63, 3.8) is 0 Å². The highest BCUT2D eigenvalue weighted by Crippen LogP contribution is 2.22. The Balaban J connectivity index is 2.61. The molecule has 0 bridgehead atoms. The van der Waals surface area contributed by atoms with Gasteiger partial charge in [-0.3, -0.25) is 0 Å². The molecule has 0 aliphatic carbocycles. The number of benzene rings is 1. The lowest BCUT2D eigenvalue weighted by molar-refractivity contribution is 0.630. The topological polar surface area (TPSA) is 67.4 Å². The molecule has 1 aromatic carbocycles. The van der Waals surface area contributed by atoms with E-state index in [9.17, 15) is 0 Å². The van der Waals surface area contributed by atoms with Crippen molar-refractivity contribution in [1.82, 2.24) is 20.2 Å². The predicted molar refractivity (Wildman–Crippen MR) is 54.0 cm³/mol. The van der Waals surface area contributed by atoms with Gasteiger partial charge in [0, 0.05) is 10.6 Å². The summed E-state index contributed by atoms with van der Waals surface area (Å²) in [7, 11) is 1.66. The predicted octanol–water partition coefficient (Wildman–Crippen LogP) is 1.40. The lowest BCUT2D eigenvalue weighted by Gasteiger charge is -1.98. The van der Waals surface area contributed by atoms with Crippen LogP contribution in [0.4, 0.5) is 0 Å². The number of halogens is 1. The third-order valence-corrected chi connectivity index (χ3v) is 2.09. The van der Waals surface area contributed by atoms with Gasteiger partial charge in [0.2, 0.25) is 5.82 Å². The number of rotatable bonds is 1. The molecule has 2 rings (SSSR count). The molecule has 5 nitrogen and oxygen atoms in total. The number of nitriles is 1. The van der Waals surface area contributed by atoms with Crippen LogP contribution in [0.5, 0.6) is 0 Å². The summed E-state index contributed by atoms with van der Waals surface area (Å²) >= 11 is 5.84. The van der Waals surface area contributed by atoms with E-state index in [1.165, 1.54) is 4.80 Å². The SMILES string of the molecule is Cn1nnc(-c2cc(Cl)ccc2C#N)n1. The van der Waals surface area contributed by atoms with Gasteiger partial charge in [0.15, 0.2) is 0 Å². The first-order valence-corrected chi connectivity index (χ1v) is 4.52. The Labute approximate surface area is 90.9 Å². The first kappa shape index (κ1) is 9.62. The maximum atomic E-state index is 8.90. The van der Waals surface area contributed by atoms with Crippen molar-refractivity contribution in [3.05, 3.63) is 28.8 Å². The molecular formula is C9H6ClN5. The quantitative estimate of drug-likeness (QED) is 0.727. The highest BCUT2D eigenvalue weighted by atomic mass is 35.5. The van der Waals surface area contributed by atoms with Crippen molar-refractivity contribution in [1.29, 1.82) is 5.26 Å². The van der Waals surface area contributed by atoms with Crippen molar-refractivity contribution < 1.29 is 0 Å². The van der Waals surface area contributed by atoms with E-state index in [0.717, 1.165) is 0 Å². The summed E-state index contributed by atoms with van der Waals surface area (Å²) in [5.74, 6) is 0.400. The van der Waals surface area contributed by atoms with Crippen LogP contribution >= 0.6 is 11.6 Å². The second-order valence-corrected chi connectivity index (χ2v) is 3.34. The third kappa shape index (κ3) is 1.80. The van der Waals surface area contributed by atoms with E-state index in [2.05, 4.69) is 21.5 Å². The minimum Gasteiger partial charge on any atom is -0.192 e. The molecule has 0 N–H and O–H groups in total. The number of tetrazole rings is 1. The first-order chi connectivity index (χ1) is 7.20. The lowest BCUT2D eigenvalue weighted by atomic mass is 10.1. The molecule has 6 heteroatoms. The fourth-order valence-corrected chi connectivity index (χ4v) is 1.36. The van der Waals surface area contributed by atoms with Gasteiger partial charge in [-0.2, -0.15) is 10.1 Å². The molecule has 15 heavy (non-hydrogen) atoms. The molecule has 2 aromatic rings. The molecule has 1 heterocycles. The number of nitrogens with zero attached hydrogens (tertiary/aromatic N) is 5. The molecule has 0 atom stereocenters. The second-order valence-electron chi connectivity index (χ2n) is 2.90. The maximum absolute atomic E-state index is 8.90. The number of aryl methyl sites for hydroxylation is 1. The van der Waals surface area contributed by atoms with Gasteiger partial charge in [-0.1, -0.05) is 11.6 Å². The average Bonchev–Trinajstić information content (AvgIpc) is 2.65. The number of hydrogen-bond donors (Lipinski definition) is 0. The molecule has 0 fully saturated rings. The standard InChI is InChI=1S/C9H6ClN5/c1-15-13-9(12-14-15)8-4-7(10)3-2-6(8)5-11/h2-4H,1H3. The molecule has 0 spiro atoms. The Kier molecular flexibility index (Phi) is 2.35. The normalized spacial score (nSPS) is 9.93. The average molecular weight is 220 g/mol. The Morgan fingerprint density at radius 3 is 2.87 bits per heavy atom. The van der Waals surface area contributed by atoms with E-state index in [4.69, 9.17) is 16.9 Å². The van der Waals surface area contributed by atoms with E-state index in [-0.39, 0.29) is 0 Å². The van der Waals surface area contributed by atoms with Crippen molar-refractivity contribution in [3.8, 4) is 17.5 Å². The summed E-state index contributed by atoms with van der Waals surface area (Å²) in [6, 6.07) is 6.99. The van der Waals surface area contributed by atoms with E-state index in [1.54, 1.807) is 25.2 Å². The number of hydrogen-bond acceptors (Lipinski definition) is 4. The van der Waals surface area contributed by atoms with Crippen LogP contribution in [0.2, 0.25) is 5.02 Å². The zero-order valence-corrected chi connectivity index (χ0v) is 8.60. The summed E-state index contributed by atoms with van der Waals surface area (Å²) in [6.07, 6.45) is 0. The van der Waals surface area contributed by atoms with Gasteiger partial charge >= 0.3 is 0 Å². The Morgan fingerprint density at radius 1 is 1.47 bits per heavy atom. The van der Waals surface area contributed by atoms with Gasteiger partial charge in [-0.05, 0) is 23.4 Å². The summed E-state index contributed by atoms with van der Waals surface area (Å²) < 4.78 is 0. The van der Waals surface area contributed by atoms with Gasteiger partial charge in [0.25, 0.3) is 0 Å². The minimum atomic E-state index is 0.400. The fourth-order valence-electron chi connectivity index (χ4n) is 1.19. The molecule has 0 saturated heterocycles. The van der Waals surface area contributed by atoms with E-state index in [0.29, 0.717) is 22.0 Å². The van der Waals surface area contributed by atoms with Crippen LogP contribution in [-0.4, -0.2) is 20.2 Å². The van der Waals surface area contributed by atoms with Gasteiger partial charge in [-0.25, -0.2) is 0 Å². The van der Waals surface area contributed by atoms with Crippen LogP contribution in [0, 0.1) is 11.3 Å². The third-order valence-electron chi connectivity index (χ3n) is 1.85. The van der Waals surface area contributed by atoms with E-state index >= 15 is 0 Å². The molecule has 0 radical (unpaired) electrons. The molecular weight excluding hydrogens is 214 g/mol. The molecule has 0 saturated carbocycles. The lowest BCUT2D eigenvalue weighted by Crippen LogP contribution is -1.92. The molecule has 74 valence electrons. The van der Waals surface area contributed by atoms with Gasteiger partial charge in [-0.15, -0.1) is 10.2 Å². The van der Waals surface area contributed by atoms with E-state index < -0.39 is 0 Å². The summed E-state index contributed by atoms with van der Waals surface area (Å²) in [6.45, 7) is 0. The van der Waals surface area contributed by atoms with Crippen LogP contribution < -0.4 is 0 Å². The fraction of sp³-hybridized carbons (Fsp3) is 0.111. The molecule has 0 aliphatic heterocycles. The molecule has 1 aromatic heterocycles. The van der Waals surface area contributed by atoms with Crippen molar-refractivity contribution in [2.24, 2.45) is 7.05 Å². The second kappa shape index (κ2) is 3.67. The molecule has 0 amide bonds. The zero-order valence-electron chi connectivity index (χ0n) is 7.85. The minimum absolute atomic E-state index is 0.400. The largest absolute Gasteiger partial charge is 0.206 e. The van der Waals surface area contributed by atoms with Crippen molar-refractivity contribution >= 4 is 11.6 Å². The molecule has 0 aliphatic rings. The Morgan fingerprint density at radius 2 is 2.27 bits per heavy atom. The van der Waals surface area contributed by atoms with Crippen LogP contribution in [-0.2, 0) is 7.05 Å². The summed E-state index contributed by atoms with van der Waals surface area (Å²) in [5, 5.41) is 21.0. The van der Waals surface area contributed by atoms with Gasteiger partial charge < -0.3 is 0 Å². The first-order valence-electron chi connectivity index (χ1n) is 4.15. The van der Waals surface area contributed by atoms with Crippen LogP contribution in [0.15, 0.2) is 18.2 Å². The summed E-state index contributed by atoms with van der Waals surface area (Å²) in [4.78, 5) is 1.33. The molecule has 0 unspecified atom stereocenters. The van der Waals surface area contributed by atoms with Crippen LogP contribution in [0.3, 0.4) is 0 Å². The Hall–Kier alpha value is -1.93. The monoisotopic (exact) mass is 219 g/mol. The van der Waals surface area contributed by atoms with Gasteiger partial charge in [0.1, 0.15) is 0 Å². The van der Waals surface area contributed by atoms with Crippen molar-refractivity contribution in [2.75, 3.05) is 0 Å². The zero-order chi connectivity index (χ0) is 10.8. The smallest absolute Gasteiger partial charge is 0.192 e. The number of aromatic nitrogens is 4. The van der Waals surface area contributed by atoms with E-state index in [1.807, 2.05) is 0 Å². The highest BCUT2D eigenvalue weighted by Gasteiger charge is 2.10. The summed E-state index contributed by atoms with van der Waals surface area (Å²) in [5.41, 5.74) is 1.07. The van der Waals surface area contributed by atoms with Crippen molar-refractivity contribution in [2.45, 2.75) is 0 Å². The Bertz CT molecular complexity index is 540. The maximum Gasteiger partial charge on any atom is 0.206 e. The van der Waals surface area contributed by atoms with Crippen LogP contribution in [0.25, 0.3) is 11.4 Å². The van der Waals surface area contributed by atoms with Gasteiger partial charge in [0.05, 0.1) is 18.7 Å².